The van der Waals surface area contributed by atoms with Crippen molar-refractivity contribution in [3.8, 4) is 0 Å². The average Bonchev–Trinajstić information content (AvgIpc) is 2.47. The van der Waals surface area contributed by atoms with Crippen LogP contribution >= 0.6 is 11.6 Å². The van der Waals surface area contributed by atoms with Crippen LogP contribution in [0.5, 0.6) is 0 Å². The molecule has 11 heavy (non-hydrogen) atoms. The summed E-state index contributed by atoms with van der Waals surface area (Å²) >= 11 is 5.65. The fraction of sp³-hybridized carbons (Fsp3) is 0.125. The van der Waals surface area contributed by atoms with Gasteiger partial charge in [0.2, 0.25) is 0 Å². The Labute approximate surface area is 68.8 Å². The molecule has 0 N–H and O–H groups in total. The van der Waals surface area contributed by atoms with E-state index in [9.17, 15) is 0 Å². The Morgan fingerprint density at radius 1 is 1.55 bits per heavy atom. The lowest BCUT2D eigenvalue weighted by atomic mass is 10.3. The van der Waals surface area contributed by atoms with Crippen molar-refractivity contribution < 1.29 is 4.42 Å². The molecule has 0 spiro atoms. The molecule has 2 aromatic rings. The second kappa shape index (κ2) is 2.55. The van der Waals surface area contributed by atoms with Crippen molar-refractivity contribution in [3.05, 3.63) is 30.2 Å². The Hall–Kier alpha value is -1.02. The summed E-state index contributed by atoms with van der Waals surface area (Å²) in [5.41, 5.74) is 2.60. The summed E-state index contributed by atoms with van der Waals surface area (Å²) in [7, 11) is 0. The predicted octanol–water partition coefficient (Wildman–Crippen LogP) is 2.57. The molecule has 0 aliphatic heterocycles. The van der Waals surface area contributed by atoms with Crippen LogP contribution < -0.4 is 0 Å². The maximum absolute atomic E-state index is 5.65. The molecule has 2 nitrogen and oxygen atoms in total. The van der Waals surface area contributed by atoms with Crippen LogP contribution in [-0.2, 0) is 5.88 Å². The summed E-state index contributed by atoms with van der Waals surface area (Å²) in [6, 6.07) is 3.71. The Bertz CT molecular complexity index is 369. The number of furan rings is 1. The lowest BCUT2D eigenvalue weighted by Gasteiger charge is -1.86. The van der Waals surface area contributed by atoms with Crippen LogP contribution in [0, 0.1) is 0 Å². The maximum Gasteiger partial charge on any atom is 0.152 e. The summed E-state index contributed by atoms with van der Waals surface area (Å²) in [4.78, 5) is 4.13. The molecule has 0 unspecified atom stereocenters. The predicted molar refractivity (Wildman–Crippen MR) is 43.6 cm³/mol. The van der Waals surface area contributed by atoms with Gasteiger partial charge in [-0.15, -0.1) is 11.6 Å². The van der Waals surface area contributed by atoms with E-state index in [0.717, 1.165) is 16.7 Å². The van der Waals surface area contributed by atoms with Crippen LogP contribution in [0.3, 0.4) is 0 Å². The molecule has 0 aliphatic rings. The molecule has 0 atom stereocenters. The van der Waals surface area contributed by atoms with Gasteiger partial charge in [-0.3, -0.25) is 4.98 Å². The summed E-state index contributed by atoms with van der Waals surface area (Å²) in [5.74, 6) is 0.448. The van der Waals surface area contributed by atoms with Crippen molar-refractivity contribution in [1.82, 2.24) is 4.98 Å². The van der Waals surface area contributed by atoms with Gasteiger partial charge < -0.3 is 4.42 Å². The number of hydrogen-bond donors (Lipinski definition) is 0. The molecule has 0 aromatic carbocycles. The zero-order valence-corrected chi connectivity index (χ0v) is 6.51. The van der Waals surface area contributed by atoms with E-state index in [1.54, 1.807) is 12.5 Å². The van der Waals surface area contributed by atoms with Crippen molar-refractivity contribution in [2.24, 2.45) is 0 Å². The summed E-state index contributed by atoms with van der Waals surface area (Å²) in [6.45, 7) is 0. The van der Waals surface area contributed by atoms with Gasteiger partial charge in [0, 0.05) is 11.8 Å². The van der Waals surface area contributed by atoms with Crippen molar-refractivity contribution in [1.29, 1.82) is 0 Å². The molecule has 2 aromatic heterocycles. The SMILES string of the molecule is ClCc1coc2cccnc12. The van der Waals surface area contributed by atoms with Crippen LogP contribution in [-0.4, -0.2) is 4.98 Å². The van der Waals surface area contributed by atoms with Crippen LogP contribution in [0.15, 0.2) is 29.0 Å². The fourth-order valence-corrected chi connectivity index (χ4v) is 1.20. The third-order valence-corrected chi connectivity index (χ3v) is 1.83. The zero-order valence-electron chi connectivity index (χ0n) is 5.75. The molecule has 0 amide bonds. The minimum atomic E-state index is 0.448. The molecule has 0 radical (unpaired) electrons. The smallest absolute Gasteiger partial charge is 0.152 e. The quantitative estimate of drug-likeness (QED) is 0.611. The Morgan fingerprint density at radius 3 is 3.27 bits per heavy atom. The largest absolute Gasteiger partial charge is 0.462 e. The normalized spacial score (nSPS) is 10.6. The molecule has 0 saturated heterocycles. The molecular formula is C8H6ClNO. The number of alkyl halides is 1. The van der Waals surface area contributed by atoms with E-state index in [1.807, 2.05) is 12.1 Å². The first-order valence-corrected chi connectivity index (χ1v) is 3.82. The number of rotatable bonds is 1. The second-order valence-electron chi connectivity index (χ2n) is 2.24. The van der Waals surface area contributed by atoms with Crippen LogP contribution in [0.4, 0.5) is 0 Å². The van der Waals surface area contributed by atoms with Crippen molar-refractivity contribution >= 4 is 22.7 Å². The van der Waals surface area contributed by atoms with Gasteiger partial charge in [0.15, 0.2) is 5.58 Å². The zero-order chi connectivity index (χ0) is 7.68. The van der Waals surface area contributed by atoms with Gasteiger partial charge in [-0.1, -0.05) is 0 Å². The number of nitrogens with zero attached hydrogens (tertiary/aromatic N) is 1. The lowest BCUT2D eigenvalue weighted by molar-refractivity contribution is 0.612. The highest BCUT2D eigenvalue weighted by molar-refractivity contribution is 6.17. The molecule has 0 saturated carbocycles. The minimum absolute atomic E-state index is 0.448. The molecular weight excluding hydrogens is 162 g/mol. The topological polar surface area (TPSA) is 26.0 Å². The van der Waals surface area contributed by atoms with Gasteiger partial charge >= 0.3 is 0 Å². The molecule has 3 heteroatoms. The van der Waals surface area contributed by atoms with Gasteiger partial charge in [0.25, 0.3) is 0 Å². The molecule has 2 rings (SSSR count). The number of hydrogen-bond acceptors (Lipinski definition) is 2. The molecule has 2 heterocycles. The molecule has 0 bridgehead atoms. The summed E-state index contributed by atoms with van der Waals surface area (Å²) in [5, 5.41) is 0. The molecule has 0 aliphatic carbocycles. The van der Waals surface area contributed by atoms with Gasteiger partial charge in [0.05, 0.1) is 12.1 Å². The lowest BCUT2D eigenvalue weighted by Crippen LogP contribution is -1.76. The fourth-order valence-electron chi connectivity index (χ4n) is 1.01. The van der Waals surface area contributed by atoms with Gasteiger partial charge in [-0.05, 0) is 12.1 Å². The number of halogens is 1. The highest BCUT2D eigenvalue weighted by Crippen LogP contribution is 2.19. The van der Waals surface area contributed by atoms with E-state index in [2.05, 4.69) is 4.98 Å². The van der Waals surface area contributed by atoms with Crippen molar-refractivity contribution in [3.63, 3.8) is 0 Å². The molecule has 56 valence electrons. The Balaban J connectivity index is 2.76. The number of aromatic nitrogens is 1. The van der Waals surface area contributed by atoms with Gasteiger partial charge in [-0.2, -0.15) is 0 Å². The minimum Gasteiger partial charge on any atom is -0.462 e. The Morgan fingerprint density at radius 2 is 2.45 bits per heavy atom. The standard InChI is InChI=1S/C8H6ClNO/c9-4-6-5-11-7-2-1-3-10-8(6)7/h1-3,5H,4H2. The first-order valence-electron chi connectivity index (χ1n) is 3.29. The molecule has 0 fully saturated rings. The summed E-state index contributed by atoms with van der Waals surface area (Å²) < 4.78 is 5.19. The maximum atomic E-state index is 5.65. The number of fused-ring (bicyclic) bond motifs is 1. The highest BCUT2D eigenvalue weighted by Gasteiger charge is 2.03. The third kappa shape index (κ3) is 0.994. The van der Waals surface area contributed by atoms with Crippen molar-refractivity contribution in [2.75, 3.05) is 0 Å². The van der Waals surface area contributed by atoms with Crippen LogP contribution in [0.2, 0.25) is 0 Å². The van der Waals surface area contributed by atoms with E-state index in [-0.39, 0.29) is 0 Å². The third-order valence-electron chi connectivity index (χ3n) is 1.55. The second-order valence-corrected chi connectivity index (χ2v) is 2.51. The van der Waals surface area contributed by atoms with E-state index in [4.69, 9.17) is 16.0 Å². The first-order chi connectivity index (χ1) is 5.42. The van der Waals surface area contributed by atoms with E-state index in [1.165, 1.54) is 0 Å². The van der Waals surface area contributed by atoms with E-state index < -0.39 is 0 Å². The van der Waals surface area contributed by atoms with Crippen LogP contribution in [0.25, 0.3) is 11.1 Å². The summed E-state index contributed by atoms with van der Waals surface area (Å²) in [6.07, 6.45) is 3.37. The van der Waals surface area contributed by atoms with Crippen LogP contribution in [0.1, 0.15) is 5.56 Å². The van der Waals surface area contributed by atoms with Gasteiger partial charge in [0.1, 0.15) is 5.52 Å². The number of pyridine rings is 1. The van der Waals surface area contributed by atoms with Crippen molar-refractivity contribution in [2.45, 2.75) is 5.88 Å². The van der Waals surface area contributed by atoms with E-state index >= 15 is 0 Å². The van der Waals surface area contributed by atoms with Gasteiger partial charge in [-0.25, -0.2) is 0 Å². The average molecular weight is 168 g/mol. The Kier molecular flexibility index (Phi) is 1.55. The highest BCUT2D eigenvalue weighted by atomic mass is 35.5. The van der Waals surface area contributed by atoms with E-state index in [0.29, 0.717) is 5.88 Å². The first kappa shape index (κ1) is 6.68. The monoisotopic (exact) mass is 167 g/mol.